The molecule has 2 nitrogen and oxygen atoms in total. The van der Waals surface area contributed by atoms with Gasteiger partial charge in [0.2, 0.25) is 0 Å². The van der Waals surface area contributed by atoms with E-state index in [1.165, 1.54) is 25.7 Å². The van der Waals surface area contributed by atoms with Gasteiger partial charge in [0.25, 0.3) is 0 Å². The molecule has 0 fully saturated rings. The van der Waals surface area contributed by atoms with Gasteiger partial charge in [-0.1, -0.05) is 50.6 Å². The highest BCUT2D eigenvalue weighted by Crippen LogP contribution is 2.19. The fourth-order valence-electron chi connectivity index (χ4n) is 1.67. The molecule has 1 aromatic rings. The molecule has 90 valence electrons. The molecule has 1 aromatic heterocycles. The minimum atomic E-state index is -0.445. The zero-order valence-corrected chi connectivity index (χ0v) is 10.6. The van der Waals surface area contributed by atoms with Crippen LogP contribution >= 0.6 is 11.6 Å². The maximum Gasteiger partial charge on any atom is 0.0959 e. The minimum absolute atomic E-state index is 0.445. The molecule has 0 saturated carbocycles. The molecule has 1 atom stereocenters. The highest BCUT2D eigenvalue weighted by Gasteiger charge is 2.07. The lowest BCUT2D eigenvalue weighted by Crippen LogP contribution is -1.99. The average Bonchev–Trinajstić information content (AvgIpc) is 2.29. The Kier molecular flexibility index (Phi) is 6.43. The average molecular weight is 242 g/mol. The third-order valence-corrected chi connectivity index (χ3v) is 2.90. The van der Waals surface area contributed by atoms with Crippen LogP contribution in [0, 0.1) is 0 Å². The summed E-state index contributed by atoms with van der Waals surface area (Å²) in [6.07, 6.45) is 7.98. The fraction of sp³-hybridized carbons (Fsp3) is 0.615. The van der Waals surface area contributed by atoms with E-state index in [2.05, 4.69) is 11.9 Å². The molecule has 16 heavy (non-hydrogen) atoms. The Hall–Kier alpha value is -0.600. The Morgan fingerprint density at radius 3 is 2.62 bits per heavy atom. The van der Waals surface area contributed by atoms with Crippen molar-refractivity contribution in [2.45, 2.75) is 51.6 Å². The van der Waals surface area contributed by atoms with Crippen molar-refractivity contribution in [2.75, 3.05) is 0 Å². The molecule has 1 N–H and O–H groups in total. The summed E-state index contributed by atoms with van der Waals surface area (Å²) >= 11 is 5.73. The minimum Gasteiger partial charge on any atom is -0.387 e. The molecule has 0 saturated heterocycles. The number of pyridine rings is 1. The van der Waals surface area contributed by atoms with Crippen molar-refractivity contribution in [1.82, 2.24) is 4.98 Å². The van der Waals surface area contributed by atoms with Gasteiger partial charge >= 0.3 is 0 Å². The first kappa shape index (κ1) is 13.5. The van der Waals surface area contributed by atoms with E-state index in [4.69, 9.17) is 11.6 Å². The molecule has 0 spiro atoms. The Morgan fingerprint density at radius 1 is 1.25 bits per heavy atom. The van der Waals surface area contributed by atoms with Crippen molar-refractivity contribution in [2.24, 2.45) is 0 Å². The monoisotopic (exact) mass is 241 g/mol. The molecule has 1 unspecified atom stereocenters. The molecule has 0 aromatic carbocycles. The molecule has 0 radical (unpaired) electrons. The number of halogens is 1. The topological polar surface area (TPSA) is 33.1 Å². The molecule has 0 aliphatic heterocycles. The predicted molar refractivity (Wildman–Crippen MR) is 67.6 cm³/mol. The van der Waals surface area contributed by atoms with Gasteiger partial charge < -0.3 is 5.11 Å². The third kappa shape index (κ3) is 4.95. The number of unbranched alkanes of at least 4 members (excludes halogenated alkanes) is 4. The standard InChI is InChI=1S/C13H20ClNO/c1-2-3-4-5-6-7-13(16)12-9-8-11(14)10-15-12/h8-10,13,16H,2-7H2,1H3. The number of nitrogens with zero attached hydrogens (tertiary/aromatic N) is 1. The first-order valence-corrected chi connectivity index (χ1v) is 6.41. The predicted octanol–water partition coefficient (Wildman–Crippen LogP) is 4.13. The summed E-state index contributed by atoms with van der Waals surface area (Å²) in [7, 11) is 0. The number of rotatable bonds is 7. The van der Waals surface area contributed by atoms with Gasteiger partial charge in [-0.2, -0.15) is 0 Å². The van der Waals surface area contributed by atoms with Crippen LogP contribution in [-0.2, 0) is 0 Å². The van der Waals surface area contributed by atoms with Gasteiger partial charge in [0, 0.05) is 6.20 Å². The number of aliphatic hydroxyl groups is 1. The molecular formula is C13H20ClNO. The summed E-state index contributed by atoms with van der Waals surface area (Å²) in [5.41, 5.74) is 0.722. The lowest BCUT2D eigenvalue weighted by molar-refractivity contribution is 0.158. The quantitative estimate of drug-likeness (QED) is 0.729. The van der Waals surface area contributed by atoms with E-state index in [-0.39, 0.29) is 0 Å². The molecule has 1 rings (SSSR count). The number of hydrogen-bond donors (Lipinski definition) is 1. The van der Waals surface area contributed by atoms with E-state index in [0.29, 0.717) is 5.02 Å². The van der Waals surface area contributed by atoms with E-state index >= 15 is 0 Å². The molecule has 0 aliphatic rings. The van der Waals surface area contributed by atoms with Crippen LogP contribution in [-0.4, -0.2) is 10.1 Å². The lowest BCUT2D eigenvalue weighted by Gasteiger charge is -2.09. The van der Waals surface area contributed by atoms with Crippen LogP contribution in [0.2, 0.25) is 5.02 Å². The fourth-order valence-corrected chi connectivity index (χ4v) is 1.79. The Balaban J connectivity index is 2.24. The summed E-state index contributed by atoms with van der Waals surface area (Å²) in [4.78, 5) is 4.11. The SMILES string of the molecule is CCCCCCCC(O)c1ccc(Cl)cn1. The van der Waals surface area contributed by atoms with E-state index < -0.39 is 6.10 Å². The normalized spacial score (nSPS) is 12.7. The molecule has 0 amide bonds. The maximum atomic E-state index is 9.86. The van der Waals surface area contributed by atoms with Crippen molar-refractivity contribution in [3.63, 3.8) is 0 Å². The van der Waals surface area contributed by atoms with E-state index in [9.17, 15) is 5.11 Å². The van der Waals surface area contributed by atoms with Crippen molar-refractivity contribution < 1.29 is 5.11 Å². The lowest BCUT2D eigenvalue weighted by atomic mass is 10.1. The van der Waals surface area contributed by atoms with Crippen LogP contribution in [0.15, 0.2) is 18.3 Å². The number of hydrogen-bond acceptors (Lipinski definition) is 2. The smallest absolute Gasteiger partial charge is 0.0959 e. The van der Waals surface area contributed by atoms with Crippen molar-refractivity contribution in [3.8, 4) is 0 Å². The van der Waals surface area contributed by atoms with E-state index in [1.807, 2.05) is 0 Å². The maximum absolute atomic E-state index is 9.86. The van der Waals surface area contributed by atoms with Crippen LogP contribution in [0.4, 0.5) is 0 Å². The Bertz CT molecular complexity index is 286. The summed E-state index contributed by atoms with van der Waals surface area (Å²) in [5.74, 6) is 0. The Labute approximate surface area is 103 Å². The summed E-state index contributed by atoms with van der Waals surface area (Å²) in [5, 5.41) is 10.5. The van der Waals surface area contributed by atoms with E-state index in [1.54, 1.807) is 18.3 Å². The van der Waals surface area contributed by atoms with Crippen LogP contribution in [0.5, 0.6) is 0 Å². The van der Waals surface area contributed by atoms with Crippen LogP contribution in [0.3, 0.4) is 0 Å². The van der Waals surface area contributed by atoms with Gasteiger partial charge in [-0.25, -0.2) is 0 Å². The van der Waals surface area contributed by atoms with Crippen LogP contribution < -0.4 is 0 Å². The van der Waals surface area contributed by atoms with Crippen molar-refractivity contribution in [3.05, 3.63) is 29.0 Å². The molecule has 3 heteroatoms. The zero-order valence-electron chi connectivity index (χ0n) is 9.82. The number of aromatic nitrogens is 1. The van der Waals surface area contributed by atoms with Crippen molar-refractivity contribution in [1.29, 1.82) is 0 Å². The summed E-state index contributed by atoms with van der Waals surface area (Å²) in [6.45, 7) is 2.20. The van der Waals surface area contributed by atoms with Crippen LogP contribution in [0.25, 0.3) is 0 Å². The third-order valence-electron chi connectivity index (χ3n) is 2.67. The largest absolute Gasteiger partial charge is 0.387 e. The second kappa shape index (κ2) is 7.64. The first-order valence-electron chi connectivity index (χ1n) is 6.03. The highest BCUT2D eigenvalue weighted by molar-refractivity contribution is 6.30. The zero-order chi connectivity index (χ0) is 11.8. The van der Waals surface area contributed by atoms with Crippen molar-refractivity contribution >= 4 is 11.6 Å². The van der Waals surface area contributed by atoms with Gasteiger partial charge in [-0.3, -0.25) is 4.98 Å². The Morgan fingerprint density at radius 2 is 2.00 bits per heavy atom. The van der Waals surface area contributed by atoms with Gasteiger partial charge in [-0.15, -0.1) is 0 Å². The summed E-state index contributed by atoms with van der Waals surface area (Å²) in [6, 6.07) is 3.56. The van der Waals surface area contributed by atoms with E-state index in [0.717, 1.165) is 18.5 Å². The molecule has 1 heterocycles. The first-order chi connectivity index (χ1) is 7.74. The van der Waals surface area contributed by atoms with Gasteiger partial charge in [0.1, 0.15) is 0 Å². The van der Waals surface area contributed by atoms with Gasteiger partial charge in [-0.05, 0) is 18.6 Å². The molecule has 0 bridgehead atoms. The second-order valence-corrected chi connectivity index (χ2v) is 4.56. The second-order valence-electron chi connectivity index (χ2n) is 4.12. The highest BCUT2D eigenvalue weighted by atomic mass is 35.5. The van der Waals surface area contributed by atoms with Gasteiger partial charge in [0.15, 0.2) is 0 Å². The summed E-state index contributed by atoms with van der Waals surface area (Å²) < 4.78 is 0. The van der Waals surface area contributed by atoms with Crippen LogP contribution in [0.1, 0.15) is 57.2 Å². The molecule has 0 aliphatic carbocycles. The molecular weight excluding hydrogens is 222 g/mol. The van der Waals surface area contributed by atoms with Gasteiger partial charge in [0.05, 0.1) is 16.8 Å². The number of aliphatic hydroxyl groups excluding tert-OH is 1.